The summed E-state index contributed by atoms with van der Waals surface area (Å²) < 4.78 is 1.62. The molecule has 0 atom stereocenters. The highest BCUT2D eigenvalue weighted by molar-refractivity contribution is 7.99. The summed E-state index contributed by atoms with van der Waals surface area (Å²) in [6.07, 6.45) is 0. The Morgan fingerprint density at radius 3 is 2.87 bits per heavy atom. The molecule has 0 bridgehead atoms. The average molecular weight is 336 g/mol. The molecule has 0 radical (unpaired) electrons. The lowest BCUT2D eigenvalue weighted by Crippen LogP contribution is -2.16. The predicted molar refractivity (Wildman–Crippen MR) is 85.4 cm³/mol. The van der Waals surface area contributed by atoms with Crippen molar-refractivity contribution in [1.82, 2.24) is 20.2 Å². The number of aryl methyl sites for hydroxylation is 1. The second-order valence-electron chi connectivity index (χ2n) is 5.09. The molecule has 0 aliphatic heterocycles. The fraction of sp³-hybridized carbons (Fsp3) is 0.385. The second kappa shape index (κ2) is 7.18. The van der Waals surface area contributed by atoms with Crippen molar-refractivity contribution in [3.05, 3.63) is 33.9 Å². The molecule has 0 spiro atoms. The highest BCUT2D eigenvalue weighted by Crippen LogP contribution is 2.23. The predicted octanol–water partition coefficient (Wildman–Crippen LogP) is 2.20. The van der Waals surface area contributed by atoms with Crippen LogP contribution in [0, 0.1) is 17.0 Å². The fourth-order valence-electron chi connectivity index (χ4n) is 1.78. The van der Waals surface area contributed by atoms with Crippen LogP contribution >= 0.6 is 11.8 Å². The molecule has 2 rings (SSSR count). The van der Waals surface area contributed by atoms with Gasteiger partial charge in [0.2, 0.25) is 11.1 Å². The number of non-ortho nitro benzene ring substituents is 1. The van der Waals surface area contributed by atoms with Gasteiger partial charge in [-0.1, -0.05) is 17.8 Å². The van der Waals surface area contributed by atoms with E-state index in [9.17, 15) is 14.9 Å². The number of carbonyl (C=O) groups excluding carboxylic acids is 1. The third kappa shape index (κ3) is 4.25. The molecular weight excluding hydrogens is 320 g/mol. The number of aromatic nitrogens is 4. The van der Waals surface area contributed by atoms with Crippen LogP contribution < -0.4 is 5.32 Å². The number of benzene rings is 1. The SMILES string of the molecule is Cc1ccc([N+](=O)[O-])cc1NC(=O)CSc1nnnn1C(C)C. The summed E-state index contributed by atoms with van der Waals surface area (Å²) in [5, 5.41) is 25.3. The third-order valence-electron chi connectivity index (χ3n) is 2.99. The zero-order chi connectivity index (χ0) is 17.0. The van der Waals surface area contributed by atoms with Gasteiger partial charge in [0.1, 0.15) is 0 Å². The molecule has 10 heteroatoms. The van der Waals surface area contributed by atoms with E-state index in [1.165, 1.54) is 23.9 Å². The zero-order valence-corrected chi connectivity index (χ0v) is 13.7. The Hall–Kier alpha value is -2.49. The van der Waals surface area contributed by atoms with Gasteiger partial charge >= 0.3 is 0 Å². The van der Waals surface area contributed by atoms with Gasteiger partial charge in [-0.05, 0) is 36.8 Å². The summed E-state index contributed by atoms with van der Waals surface area (Å²) in [6.45, 7) is 5.64. The minimum absolute atomic E-state index is 0.0673. The molecule has 0 fully saturated rings. The minimum atomic E-state index is -0.499. The molecule has 0 saturated heterocycles. The first-order valence-electron chi connectivity index (χ1n) is 6.84. The number of nitro benzene ring substituents is 1. The number of anilines is 1. The van der Waals surface area contributed by atoms with Gasteiger partial charge in [0, 0.05) is 12.1 Å². The summed E-state index contributed by atoms with van der Waals surface area (Å²) in [7, 11) is 0. The van der Waals surface area contributed by atoms with Gasteiger partial charge in [0.05, 0.1) is 22.4 Å². The van der Waals surface area contributed by atoms with Gasteiger partial charge < -0.3 is 5.32 Å². The maximum absolute atomic E-state index is 12.0. The van der Waals surface area contributed by atoms with Crippen LogP contribution in [0.2, 0.25) is 0 Å². The van der Waals surface area contributed by atoms with E-state index in [-0.39, 0.29) is 23.4 Å². The van der Waals surface area contributed by atoms with E-state index in [0.29, 0.717) is 10.8 Å². The lowest BCUT2D eigenvalue weighted by atomic mass is 10.2. The quantitative estimate of drug-likeness (QED) is 0.488. The van der Waals surface area contributed by atoms with Gasteiger partial charge in [0.25, 0.3) is 5.69 Å². The lowest BCUT2D eigenvalue weighted by molar-refractivity contribution is -0.384. The van der Waals surface area contributed by atoms with Crippen LogP contribution in [0.1, 0.15) is 25.5 Å². The summed E-state index contributed by atoms with van der Waals surface area (Å²) in [5.74, 6) is -0.174. The molecule has 122 valence electrons. The first kappa shape index (κ1) is 16.9. The van der Waals surface area contributed by atoms with E-state index in [1.807, 2.05) is 13.8 Å². The largest absolute Gasteiger partial charge is 0.325 e. The van der Waals surface area contributed by atoms with Crippen molar-refractivity contribution in [2.45, 2.75) is 32.0 Å². The van der Waals surface area contributed by atoms with Crippen molar-refractivity contribution in [2.75, 3.05) is 11.1 Å². The Morgan fingerprint density at radius 2 is 2.22 bits per heavy atom. The summed E-state index contributed by atoms with van der Waals surface area (Å²) in [6, 6.07) is 4.43. The highest BCUT2D eigenvalue weighted by Gasteiger charge is 2.14. The second-order valence-corrected chi connectivity index (χ2v) is 6.04. The number of nitrogens with one attached hydrogen (secondary N) is 1. The van der Waals surface area contributed by atoms with E-state index in [0.717, 1.165) is 5.56 Å². The van der Waals surface area contributed by atoms with E-state index < -0.39 is 4.92 Å². The number of thioether (sulfide) groups is 1. The Balaban J connectivity index is 2.01. The smallest absolute Gasteiger partial charge is 0.271 e. The molecule has 0 unspecified atom stereocenters. The average Bonchev–Trinajstić information content (AvgIpc) is 2.96. The van der Waals surface area contributed by atoms with Crippen molar-refractivity contribution in [1.29, 1.82) is 0 Å². The van der Waals surface area contributed by atoms with Gasteiger partial charge in [-0.2, -0.15) is 0 Å². The topological polar surface area (TPSA) is 116 Å². The van der Waals surface area contributed by atoms with Crippen LogP contribution in [0.5, 0.6) is 0 Å². The first-order chi connectivity index (χ1) is 10.9. The van der Waals surface area contributed by atoms with E-state index >= 15 is 0 Å². The normalized spacial score (nSPS) is 10.8. The van der Waals surface area contributed by atoms with Crippen LogP contribution in [0.4, 0.5) is 11.4 Å². The monoisotopic (exact) mass is 336 g/mol. The summed E-state index contributed by atoms with van der Waals surface area (Å²) >= 11 is 1.21. The zero-order valence-electron chi connectivity index (χ0n) is 12.9. The third-order valence-corrected chi connectivity index (χ3v) is 3.92. The highest BCUT2D eigenvalue weighted by atomic mass is 32.2. The van der Waals surface area contributed by atoms with E-state index in [4.69, 9.17) is 0 Å². The van der Waals surface area contributed by atoms with Gasteiger partial charge in [0.15, 0.2) is 0 Å². The van der Waals surface area contributed by atoms with Crippen LogP contribution in [0.3, 0.4) is 0 Å². The Bertz CT molecular complexity index is 730. The Labute approximate surface area is 136 Å². The number of tetrazole rings is 1. The van der Waals surface area contributed by atoms with Gasteiger partial charge in [-0.3, -0.25) is 14.9 Å². The van der Waals surface area contributed by atoms with Crippen molar-refractivity contribution in [2.24, 2.45) is 0 Å². The van der Waals surface area contributed by atoms with E-state index in [2.05, 4.69) is 20.8 Å². The van der Waals surface area contributed by atoms with Crippen LogP contribution in [0.15, 0.2) is 23.4 Å². The number of rotatable bonds is 6. The maximum Gasteiger partial charge on any atom is 0.271 e. The molecule has 2 aromatic rings. The molecule has 9 nitrogen and oxygen atoms in total. The fourth-order valence-corrected chi connectivity index (χ4v) is 2.59. The molecule has 1 N–H and O–H groups in total. The molecule has 0 saturated carbocycles. The first-order valence-corrected chi connectivity index (χ1v) is 7.82. The van der Waals surface area contributed by atoms with Gasteiger partial charge in [-0.15, -0.1) is 5.10 Å². The number of nitrogens with zero attached hydrogens (tertiary/aromatic N) is 5. The molecule has 1 amide bonds. The molecule has 23 heavy (non-hydrogen) atoms. The Kier molecular flexibility index (Phi) is 5.27. The molecule has 1 aromatic carbocycles. The summed E-state index contributed by atoms with van der Waals surface area (Å²) in [5.41, 5.74) is 1.11. The van der Waals surface area contributed by atoms with Crippen LogP contribution in [0.25, 0.3) is 0 Å². The maximum atomic E-state index is 12.0. The van der Waals surface area contributed by atoms with Crippen molar-refractivity contribution in [3.63, 3.8) is 0 Å². The molecule has 0 aliphatic carbocycles. The Morgan fingerprint density at radius 1 is 1.48 bits per heavy atom. The number of nitro groups is 1. The van der Waals surface area contributed by atoms with Gasteiger partial charge in [-0.25, -0.2) is 4.68 Å². The van der Waals surface area contributed by atoms with Crippen LogP contribution in [-0.2, 0) is 4.79 Å². The number of hydrogen-bond acceptors (Lipinski definition) is 7. The molecular formula is C13H16N6O3S. The standard InChI is InChI=1S/C13H16N6O3S/c1-8(2)18-13(15-16-17-18)23-7-12(20)14-11-6-10(19(21)22)5-4-9(11)3/h4-6,8H,7H2,1-3H3,(H,14,20). The number of carbonyl (C=O) groups is 1. The lowest BCUT2D eigenvalue weighted by Gasteiger charge is -2.09. The number of hydrogen-bond donors (Lipinski definition) is 1. The van der Waals surface area contributed by atoms with Crippen molar-refractivity contribution in [3.8, 4) is 0 Å². The van der Waals surface area contributed by atoms with E-state index in [1.54, 1.807) is 17.7 Å². The molecule has 1 aromatic heterocycles. The minimum Gasteiger partial charge on any atom is -0.325 e. The van der Waals surface area contributed by atoms with Crippen LogP contribution in [-0.4, -0.2) is 36.8 Å². The number of amides is 1. The molecule has 0 aliphatic rings. The van der Waals surface area contributed by atoms with Crippen molar-refractivity contribution >= 4 is 29.0 Å². The molecule has 1 heterocycles. The summed E-state index contributed by atoms with van der Waals surface area (Å²) in [4.78, 5) is 22.3. The van der Waals surface area contributed by atoms with Crippen molar-refractivity contribution < 1.29 is 9.72 Å².